The Morgan fingerprint density at radius 2 is 2.17 bits per heavy atom. The van der Waals surface area contributed by atoms with Crippen LogP contribution in [0.4, 0.5) is 0 Å². The van der Waals surface area contributed by atoms with Crippen LogP contribution in [0.1, 0.15) is 28.6 Å². The number of carbonyl (C=O) groups is 1. The van der Waals surface area contributed by atoms with Crippen molar-refractivity contribution in [1.82, 2.24) is 0 Å². The molecule has 0 unspecified atom stereocenters. The summed E-state index contributed by atoms with van der Waals surface area (Å²) in [6.07, 6.45) is 1.52. The Kier molecular flexibility index (Phi) is 3.87. The van der Waals surface area contributed by atoms with Gasteiger partial charge in [-0.2, -0.15) is 0 Å². The van der Waals surface area contributed by atoms with Crippen molar-refractivity contribution in [2.24, 2.45) is 0 Å². The van der Waals surface area contributed by atoms with Gasteiger partial charge in [0.05, 0.1) is 17.3 Å². The zero-order valence-electron chi connectivity index (χ0n) is 10.2. The second-order valence-electron chi connectivity index (χ2n) is 3.84. The van der Waals surface area contributed by atoms with E-state index in [1.165, 1.54) is 6.26 Å². The first kappa shape index (κ1) is 12.9. The molecule has 4 heteroatoms. The molecule has 0 atom stereocenters. The van der Waals surface area contributed by atoms with Crippen LogP contribution in [-0.4, -0.2) is 12.4 Å². The molecular weight excluding hydrogens is 296 g/mol. The average molecular weight is 309 g/mol. The Bertz CT molecular complexity index is 572. The van der Waals surface area contributed by atoms with Crippen LogP contribution in [0.2, 0.25) is 0 Å². The molecule has 0 radical (unpaired) electrons. The first-order chi connectivity index (χ1) is 8.63. The van der Waals surface area contributed by atoms with Gasteiger partial charge in [-0.15, -0.1) is 0 Å². The maximum Gasteiger partial charge on any atom is 0.228 e. The third-order valence-corrected chi connectivity index (χ3v) is 3.18. The minimum atomic E-state index is -0.124. The second kappa shape index (κ2) is 5.40. The van der Waals surface area contributed by atoms with Crippen LogP contribution in [0.5, 0.6) is 5.75 Å². The van der Waals surface area contributed by atoms with Gasteiger partial charge in [0.25, 0.3) is 0 Å². The van der Waals surface area contributed by atoms with Crippen molar-refractivity contribution in [3.05, 3.63) is 51.9 Å². The van der Waals surface area contributed by atoms with E-state index in [-0.39, 0.29) is 5.78 Å². The number of carbonyl (C=O) groups excluding carboxylic acids is 1. The summed E-state index contributed by atoms with van der Waals surface area (Å²) in [4.78, 5) is 12.2. The molecular formula is C14H13BrO3. The maximum absolute atomic E-state index is 12.2. The van der Waals surface area contributed by atoms with E-state index in [0.29, 0.717) is 17.9 Å². The minimum absolute atomic E-state index is 0.124. The first-order valence-electron chi connectivity index (χ1n) is 5.64. The molecule has 0 spiro atoms. The molecule has 2 aromatic rings. The third-order valence-electron chi connectivity index (χ3n) is 2.56. The standard InChI is InChI=1S/C14H13BrO3/c1-3-17-12-5-4-10(8-11(12)15)13(16)14-9(2)6-7-18-14/h4-8H,3H2,1-2H3. The lowest BCUT2D eigenvalue weighted by atomic mass is 10.1. The largest absolute Gasteiger partial charge is 0.493 e. The highest BCUT2D eigenvalue weighted by atomic mass is 79.9. The van der Waals surface area contributed by atoms with Crippen LogP contribution in [-0.2, 0) is 0 Å². The molecule has 0 saturated heterocycles. The number of hydrogen-bond donors (Lipinski definition) is 0. The predicted octanol–water partition coefficient (Wildman–Crippen LogP) is 3.98. The minimum Gasteiger partial charge on any atom is -0.493 e. The molecule has 0 amide bonds. The Morgan fingerprint density at radius 1 is 1.39 bits per heavy atom. The summed E-state index contributed by atoms with van der Waals surface area (Å²) in [6.45, 7) is 4.35. The van der Waals surface area contributed by atoms with Crippen LogP contribution in [0, 0.1) is 6.92 Å². The van der Waals surface area contributed by atoms with E-state index in [4.69, 9.17) is 9.15 Å². The molecule has 18 heavy (non-hydrogen) atoms. The van der Waals surface area contributed by atoms with E-state index >= 15 is 0 Å². The summed E-state index contributed by atoms with van der Waals surface area (Å²) in [5, 5.41) is 0. The van der Waals surface area contributed by atoms with Gasteiger partial charge in [-0.25, -0.2) is 0 Å². The van der Waals surface area contributed by atoms with E-state index in [9.17, 15) is 4.79 Å². The van der Waals surface area contributed by atoms with Crippen LogP contribution in [0.3, 0.4) is 0 Å². The van der Waals surface area contributed by atoms with E-state index in [0.717, 1.165) is 15.8 Å². The summed E-state index contributed by atoms with van der Waals surface area (Å²) < 4.78 is 11.4. The number of furan rings is 1. The fraction of sp³-hybridized carbons (Fsp3) is 0.214. The van der Waals surface area contributed by atoms with Crippen LogP contribution in [0.15, 0.2) is 39.4 Å². The number of hydrogen-bond acceptors (Lipinski definition) is 3. The number of aryl methyl sites for hydroxylation is 1. The first-order valence-corrected chi connectivity index (χ1v) is 6.44. The zero-order valence-corrected chi connectivity index (χ0v) is 11.8. The highest BCUT2D eigenvalue weighted by Crippen LogP contribution is 2.27. The van der Waals surface area contributed by atoms with Crippen molar-refractivity contribution < 1.29 is 13.9 Å². The molecule has 0 saturated carbocycles. The van der Waals surface area contributed by atoms with Crippen LogP contribution >= 0.6 is 15.9 Å². The normalized spacial score (nSPS) is 10.4. The average Bonchev–Trinajstić information content (AvgIpc) is 2.77. The van der Waals surface area contributed by atoms with Crippen LogP contribution < -0.4 is 4.74 Å². The highest BCUT2D eigenvalue weighted by molar-refractivity contribution is 9.10. The summed E-state index contributed by atoms with van der Waals surface area (Å²) in [5.74, 6) is 0.984. The van der Waals surface area contributed by atoms with Gasteiger partial charge in [0.15, 0.2) is 5.76 Å². The number of benzene rings is 1. The smallest absolute Gasteiger partial charge is 0.228 e. The Hall–Kier alpha value is -1.55. The number of rotatable bonds is 4. The molecule has 1 heterocycles. The molecule has 0 N–H and O–H groups in total. The summed E-state index contributed by atoms with van der Waals surface area (Å²) >= 11 is 3.39. The van der Waals surface area contributed by atoms with Gasteiger partial charge < -0.3 is 9.15 Å². The van der Waals surface area contributed by atoms with E-state index in [1.807, 2.05) is 13.8 Å². The monoisotopic (exact) mass is 308 g/mol. The lowest BCUT2D eigenvalue weighted by molar-refractivity contribution is 0.101. The molecule has 0 aliphatic heterocycles. The Labute approximate surface area is 114 Å². The van der Waals surface area contributed by atoms with Crippen molar-refractivity contribution in [2.75, 3.05) is 6.61 Å². The lowest BCUT2D eigenvalue weighted by Crippen LogP contribution is -2.02. The van der Waals surface area contributed by atoms with Crippen molar-refractivity contribution in [2.45, 2.75) is 13.8 Å². The molecule has 3 nitrogen and oxygen atoms in total. The fourth-order valence-electron chi connectivity index (χ4n) is 1.65. The Balaban J connectivity index is 2.32. The molecule has 0 aliphatic carbocycles. The van der Waals surface area contributed by atoms with Gasteiger partial charge in [0.2, 0.25) is 5.78 Å². The second-order valence-corrected chi connectivity index (χ2v) is 4.69. The van der Waals surface area contributed by atoms with Gasteiger partial charge in [-0.3, -0.25) is 4.79 Å². The molecule has 1 aromatic carbocycles. The quantitative estimate of drug-likeness (QED) is 0.802. The van der Waals surface area contributed by atoms with Gasteiger partial charge >= 0.3 is 0 Å². The van der Waals surface area contributed by atoms with Crippen molar-refractivity contribution in [1.29, 1.82) is 0 Å². The van der Waals surface area contributed by atoms with Crippen molar-refractivity contribution in [3.8, 4) is 5.75 Å². The van der Waals surface area contributed by atoms with Crippen molar-refractivity contribution in [3.63, 3.8) is 0 Å². The zero-order chi connectivity index (χ0) is 13.1. The molecule has 94 valence electrons. The number of ketones is 1. The topological polar surface area (TPSA) is 39.4 Å². The van der Waals surface area contributed by atoms with E-state index in [2.05, 4.69) is 15.9 Å². The summed E-state index contributed by atoms with van der Waals surface area (Å²) in [6, 6.07) is 7.03. The van der Waals surface area contributed by atoms with Gasteiger partial charge in [-0.1, -0.05) is 0 Å². The maximum atomic E-state index is 12.2. The van der Waals surface area contributed by atoms with Crippen molar-refractivity contribution >= 4 is 21.7 Å². The number of ether oxygens (including phenoxy) is 1. The summed E-state index contributed by atoms with van der Waals surface area (Å²) in [7, 11) is 0. The Morgan fingerprint density at radius 3 is 2.72 bits per heavy atom. The SMILES string of the molecule is CCOc1ccc(C(=O)c2occc2C)cc1Br. The third kappa shape index (κ3) is 2.48. The molecule has 1 aromatic heterocycles. The van der Waals surface area contributed by atoms with E-state index < -0.39 is 0 Å². The van der Waals surface area contributed by atoms with Gasteiger partial charge in [0.1, 0.15) is 5.75 Å². The number of halogens is 1. The van der Waals surface area contributed by atoms with Gasteiger partial charge in [0, 0.05) is 5.56 Å². The van der Waals surface area contributed by atoms with Crippen LogP contribution in [0.25, 0.3) is 0 Å². The molecule has 2 rings (SSSR count). The van der Waals surface area contributed by atoms with Gasteiger partial charge in [-0.05, 0) is 59.6 Å². The molecule has 0 aliphatic rings. The van der Waals surface area contributed by atoms with E-state index in [1.54, 1.807) is 24.3 Å². The molecule has 0 bridgehead atoms. The molecule has 0 fully saturated rings. The fourth-order valence-corrected chi connectivity index (χ4v) is 2.14. The summed E-state index contributed by atoms with van der Waals surface area (Å²) in [5.41, 5.74) is 1.41. The predicted molar refractivity (Wildman–Crippen MR) is 72.2 cm³/mol. The lowest BCUT2D eigenvalue weighted by Gasteiger charge is -2.07. The highest BCUT2D eigenvalue weighted by Gasteiger charge is 2.16.